The van der Waals surface area contributed by atoms with E-state index >= 15 is 0 Å². The lowest BCUT2D eigenvalue weighted by molar-refractivity contribution is 0.412. The van der Waals surface area contributed by atoms with Crippen molar-refractivity contribution >= 4 is 41.5 Å². The largest absolute Gasteiger partial charge is 0.364 e. The standard InChI is InChI=1S/C15H19ClN4O.HI/c1-3-17-15(18-10-14-8-9-21-20-14)19-11(2)12-4-6-13(16)7-5-12;/h4-9,11H,3,10H2,1-2H3,(H2,17,18,19);1H. The summed E-state index contributed by atoms with van der Waals surface area (Å²) >= 11 is 5.91. The van der Waals surface area contributed by atoms with Crippen molar-refractivity contribution in [3.8, 4) is 0 Å². The third kappa shape index (κ3) is 5.84. The van der Waals surface area contributed by atoms with E-state index in [1.165, 1.54) is 0 Å². The monoisotopic (exact) mass is 434 g/mol. The topological polar surface area (TPSA) is 62.5 Å². The molecular formula is C15H20ClIN4O. The van der Waals surface area contributed by atoms with Crippen LogP contribution in [0.4, 0.5) is 0 Å². The van der Waals surface area contributed by atoms with Gasteiger partial charge >= 0.3 is 0 Å². The average Bonchev–Trinajstić information content (AvgIpc) is 2.99. The Bertz CT molecular complexity index is 572. The Morgan fingerprint density at radius 2 is 2.05 bits per heavy atom. The van der Waals surface area contributed by atoms with Gasteiger partial charge in [0.15, 0.2) is 5.96 Å². The second-order valence-electron chi connectivity index (χ2n) is 4.60. The summed E-state index contributed by atoms with van der Waals surface area (Å²) in [7, 11) is 0. The van der Waals surface area contributed by atoms with Gasteiger partial charge in [-0.1, -0.05) is 28.9 Å². The first-order valence-corrected chi connectivity index (χ1v) is 7.26. The fraction of sp³-hybridized carbons (Fsp3) is 0.333. The highest BCUT2D eigenvalue weighted by Crippen LogP contribution is 2.15. The van der Waals surface area contributed by atoms with Crippen molar-refractivity contribution in [2.45, 2.75) is 26.4 Å². The van der Waals surface area contributed by atoms with Gasteiger partial charge in [-0.05, 0) is 31.5 Å². The Kier molecular flexibility index (Phi) is 8.26. The van der Waals surface area contributed by atoms with E-state index in [1.807, 2.05) is 31.2 Å². The Labute approximate surface area is 152 Å². The smallest absolute Gasteiger partial charge is 0.192 e. The lowest BCUT2D eigenvalue weighted by Gasteiger charge is -2.18. The zero-order chi connectivity index (χ0) is 15.1. The van der Waals surface area contributed by atoms with Crippen molar-refractivity contribution < 1.29 is 4.52 Å². The van der Waals surface area contributed by atoms with Gasteiger partial charge in [-0.2, -0.15) is 0 Å². The minimum Gasteiger partial charge on any atom is -0.364 e. The van der Waals surface area contributed by atoms with Crippen LogP contribution in [0.1, 0.15) is 31.1 Å². The first-order chi connectivity index (χ1) is 10.2. The normalized spacial score (nSPS) is 12.4. The van der Waals surface area contributed by atoms with Gasteiger partial charge in [-0.25, -0.2) is 4.99 Å². The molecule has 5 nitrogen and oxygen atoms in total. The fourth-order valence-electron chi connectivity index (χ4n) is 1.84. The molecule has 22 heavy (non-hydrogen) atoms. The first-order valence-electron chi connectivity index (χ1n) is 6.88. The summed E-state index contributed by atoms with van der Waals surface area (Å²) in [5, 5.41) is 11.1. The van der Waals surface area contributed by atoms with Crippen LogP contribution < -0.4 is 10.6 Å². The van der Waals surface area contributed by atoms with Crippen LogP contribution in [0.3, 0.4) is 0 Å². The maximum Gasteiger partial charge on any atom is 0.192 e. The molecule has 0 aliphatic rings. The molecule has 0 saturated carbocycles. The number of aliphatic imine (C=N–C) groups is 1. The van der Waals surface area contributed by atoms with Crippen LogP contribution >= 0.6 is 35.6 Å². The Morgan fingerprint density at radius 3 is 2.64 bits per heavy atom. The van der Waals surface area contributed by atoms with Gasteiger partial charge in [0, 0.05) is 17.6 Å². The molecule has 120 valence electrons. The number of hydrogen-bond donors (Lipinski definition) is 2. The average molecular weight is 435 g/mol. The van der Waals surface area contributed by atoms with E-state index in [2.05, 4.69) is 27.7 Å². The summed E-state index contributed by atoms with van der Waals surface area (Å²) in [6.07, 6.45) is 1.54. The molecule has 1 atom stereocenters. The van der Waals surface area contributed by atoms with Crippen molar-refractivity contribution in [1.82, 2.24) is 15.8 Å². The number of nitrogens with zero attached hydrogens (tertiary/aromatic N) is 2. The maximum absolute atomic E-state index is 5.91. The summed E-state index contributed by atoms with van der Waals surface area (Å²) < 4.78 is 4.80. The number of aromatic nitrogens is 1. The molecular weight excluding hydrogens is 415 g/mol. The van der Waals surface area contributed by atoms with Gasteiger partial charge in [0.05, 0.1) is 12.6 Å². The van der Waals surface area contributed by atoms with Gasteiger partial charge < -0.3 is 15.2 Å². The van der Waals surface area contributed by atoms with E-state index in [0.717, 1.165) is 28.8 Å². The minimum atomic E-state index is 0. The maximum atomic E-state index is 5.91. The van der Waals surface area contributed by atoms with Crippen LogP contribution in [0.15, 0.2) is 46.1 Å². The van der Waals surface area contributed by atoms with Crippen molar-refractivity contribution in [2.24, 2.45) is 4.99 Å². The van der Waals surface area contributed by atoms with Gasteiger partial charge in [-0.3, -0.25) is 0 Å². The number of benzene rings is 1. The number of nitrogens with one attached hydrogen (secondary N) is 2. The van der Waals surface area contributed by atoms with E-state index in [-0.39, 0.29) is 30.0 Å². The highest BCUT2D eigenvalue weighted by molar-refractivity contribution is 14.0. The second kappa shape index (κ2) is 9.68. The highest BCUT2D eigenvalue weighted by atomic mass is 127. The molecule has 7 heteroatoms. The summed E-state index contributed by atoms with van der Waals surface area (Å²) in [6, 6.07) is 9.69. The van der Waals surface area contributed by atoms with Crippen LogP contribution in [-0.2, 0) is 6.54 Å². The predicted octanol–water partition coefficient (Wildman–Crippen LogP) is 3.76. The van der Waals surface area contributed by atoms with E-state index in [0.29, 0.717) is 6.54 Å². The molecule has 0 saturated heterocycles. The number of guanidine groups is 1. The van der Waals surface area contributed by atoms with Crippen LogP contribution in [0, 0.1) is 0 Å². The molecule has 1 unspecified atom stereocenters. The predicted molar refractivity (Wildman–Crippen MR) is 99.7 cm³/mol. The van der Waals surface area contributed by atoms with Crippen LogP contribution in [0.2, 0.25) is 5.02 Å². The molecule has 0 fully saturated rings. The third-order valence-corrected chi connectivity index (χ3v) is 3.21. The van der Waals surface area contributed by atoms with Gasteiger partial charge in [0.1, 0.15) is 12.0 Å². The first kappa shape index (κ1) is 18.8. The van der Waals surface area contributed by atoms with Crippen LogP contribution in [0.25, 0.3) is 0 Å². The second-order valence-corrected chi connectivity index (χ2v) is 5.04. The molecule has 0 bridgehead atoms. The molecule has 0 aliphatic carbocycles. The molecule has 0 spiro atoms. The Hall–Kier alpha value is -1.28. The van der Waals surface area contributed by atoms with Gasteiger partial charge in [-0.15, -0.1) is 24.0 Å². The van der Waals surface area contributed by atoms with Gasteiger partial charge in [0.25, 0.3) is 0 Å². The highest BCUT2D eigenvalue weighted by Gasteiger charge is 2.07. The molecule has 0 amide bonds. The van der Waals surface area contributed by atoms with Crippen molar-refractivity contribution in [1.29, 1.82) is 0 Å². The number of halogens is 2. The van der Waals surface area contributed by atoms with Gasteiger partial charge in [0.2, 0.25) is 0 Å². The molecule has 2 rings (SSSR count). The van der Waals surface area contributed by atoms with Crippen molar-refractivity contribution in [3.05, 3.63) is 52.9 Å². The van der Waals surface area contributed by atoms with E-state index < -0.39 is 0 Å². The Balaban J connectivity index is 0.00000242. The summed E-state index contributed by atoms with van der Waals surface area (Å²) in [6.45, 7) is 5.36. The minimum absolute atomic E-state index is 0. The molecule has 0 radical (unpaired) electrons. The summed E-state index contributed by atoms with van der Waals surface area (Å²) in [4.78, 5) is 4.48. The number of rotatable bonds is 5. The van der Waals surface area contributed by atoms with Crippen molar-refractivity contribution in [2.75, 3.05) is 6.54 Å². The molecule has 2 aromatic rings. The van der Waals surface area contributed by atoms with Crippen LogP contribution in [-0.4, -0.2) is 17.7 Å². The molecule has 1 aromatic carbocycles. The van der Waals surface area contributed by atoms with Crippen molar-refractivity contribution in [3.63, 3.8) is 0 Å². The summed E-state index contributed by atoms with van der Waals surface area (Å²) in [5.74, 6) is 0.739. The summed E-state index contributed by atoms with van der Waals surface area (Å²) in [5.41, 5.74) is 1.94. The Morgan fingerprint density at radius 1 is 1.32 bits per heavy atom. The third-order valence-electron chi connectivity index (χ3n) is 2.96. The van der Waals surface area contributed by atoms with E-state index in [9.17, 15) is 0 Å². The zero-order valence-electron chi connectivity index (χ0n) is 12.5. The molecule has 2 N–H and O–H groups in total. The quantitative estimate of drug-likeness (QED) is 0.427. The fourth-order valence-corrected chi connectivity index (χ4v) is 1.97. The van der Waals surface area contributed by atoms with E-state index in [1.54, 1.807) is 12.3 Å². The molecule has 0 aliphatic heterocycles. The van der Waals surface area contributed by atoms with E-state index in [4.69, 9.17) is 16.1 Å². The zero-order valence-corrected chi connectivity index (χ0v) is 15.6. The lowest BCUT2D eigenvalue weighted by atomic mass is 10.1. The molecule has 1 aromatic heterocycles. The lowest BCUT2D eigenvalue weighted by Crippen LogP contribution is -2.38. The number of hydrogen-bond acceptors (Lipinski definition) is 3. The SMILES string of the molecule is CCNC(=NCc1ccon1)NC(C)c1ccc(Cl)cc1.I. The van der Waals surface area contributed by atoms with Crippen LogP contribution in [0.5, 0.6) is 0 Å². The molecule has 1 heterocycles.